The van der Waals surface area contributed by atoms with E-state index in [1.54, 1.807) is 11.1 Å². The van der Waals surface area contributed by atoms with Gasteiger partial charge in [-0.05, 0) is 55.7 Å². The molecule has 104 valence electrons. The lowest BCUT2D eigenvalue weighted by molar-refractivity contribution is 0.132. The lowest BCUT2D eigenvalue weighted by Gasteiger charge is -2.40. The van der Waals surface area contributed by atoms with Crippen LogP contribution in [0.4, 0.5) is 0 Å². The summed E-state index contributed by atoms with van der Waals surface area (Å²) < 4.78 is 0. The molecule has 1 heterocycles. The van der Waals surface area contributed by atoms with Crippen LogP contribution in [0.25, 0.3) is 0 Å². The predicted molar refractivity (Wildman–Crippen MR) is 83.0 cm³/mol. The molecule has 3 heteroatoms. The molecule has 0 aromatic heterocycles. The Morgan fingerprint density at radius 2 is 2.26 bits per heavy atom. The van der Waals surface area contributed by atoms with Crippen molar-refractivity contribution >= 4 is 11.8 Å². The third-order valence-electron chi connectivity index (χ3n) is 4.81. The highest BCUT2D eigenvalue weighted by atomic mass is 32.2. The summed E-state index contributed by atoms with van der Waals surface area (Å²) in [6.45, 7) is 3.50. The van der Waals surface area contributed by atoms with Crippen molar-refractivity contribution < 1.29 is 0 Å². The zero-order chi connectivity index (χ0) is 13.2. The molecule has 0 bridgehead atoms. The van der Waals surface area contributed by atoms with Crippen molar-refractivity contribution in [3.8, 4) is 0 Å². The van der Waals surface area contributed by atoms with Crippen molar-refractivity contribution in [1.82, 2.24) is 10.2 Å². The number of hydrogen-bond acceptors (Lipinski definition) is 3. The Labute approximate surface area is 121 Å². The molecule has 0 saturated carbocycles. The Morgan fingerprint density at radius 1 is 1.37 bits per heavy atom. The topological polar surface area (TPSA) is 15.3 Å². The summed E-state index contributed by atoms with van der Waals surface area (Å²) in [5, 5.41) is 3.57. The van der Waals surface area contributed by atoms with Gasteiger partial charge in [-0.15, -0.1) is 11.8 Å². The number of nitrogens with zero attached hydrogens (tertiary/aromatic N) is 1. The molecule has 1 aromatic rings. The number of likely N-dealkylation sites (N-methyl/N-ethyl adjacent to an activating group) is 1. The minimum Gasteiger partial charge on any atom is -0.314 e. The molecule has 1 saturated heterocycles. The van der Waals surface area contributed by atoms with Gasteiger partial charge in [-0.1, -0.05) is 12.1 Å². The van der Waals surface area contributed by atoms with E-state index in [4.69, 9.17) is 0 Å². The van der Waals surface area contributed by atoms with E-state index >= 15 is 0 Å². The van der Waals surface area contributed by atoms with Gasteiger partial charge in [0.25, 0.3) is 0 Å². The Balaban J connectivity index is 1.81. The zero-order valence-electron chi connectivity index (χ0n) is 12.0. The first-order valence-corrected chi connectivity index (χ1v) is 8.58. The van der Waals surface area contributed by atoms with E-state index in [-0.39, 0.29) is 0 Å². The number of rotatable bonds is 2. The molecule has 0 amide bonds. The molecule has 0 spiro atoms. The molecule has 1 aliphatic heterocycles. The number of nitrogens with one attached hydrogen (secondary N) is 1. The van der Waals surface area contributed by atoms with E-state index in [9.17, 15) is 0 Å². The summed E-state index contributed by atoms with van der Waals surface area (Å²) >= 11 is 1.90. The first-order valence-electron chi connectivity index (χ1n) is 7.35. The summed E-state index contributed by atoms with van der Waals surface area (Å²) in [5.74, 6) is 0.818. The minimum absolute atomic E-state index is 0.719. The molecule has 2 nitrogen and oxygen atoms in total. The van der Waals surface area contributed by atoms with Crippen LogP contribution < -0.4 is 5.32 Å². The van der Waals surface area contributed by atoms with Gasteiger partial charge in [0, 0.05) is 30.6 Å². The smallest absolute Gasteiger partial charge is 0.0249 e. The molecule has 1 fully saturated rings. The maximum absolute atomic E-state index is 3.57. The maximum Gasteiger partial charge on any atom is 0.0249 e. The Kier molecular flexibility index (Phi) is 4.15. The largest absolute Gasteiger partial charge is 0.314 e. The maximum atomic E-state index is 3.57. The molecule has 19 heavy (non-hydrogen) atoms. The number of fused-ring (bicyclic) bond motifs is 1. The van der Waals surface area contributed by atoms with Gasteiger partial charge in [-0.25, -0.2) is 0 Å². The van der Waals surface area contributed by atoms with Gasteiger partial charge in [-0.2, -0.15) is 0 Å². The standard InChI is InChI=1S/C16H24N2S/c1-18-9-8-17-11-15(18)13-7-6-12-4-3-5-16(19-2)14(12)10-13/h3-5,13,15,17H,6-11H2,1-2H3. The molecule has 0 radical (unpaired) electrons. The van der Waals surface area contributed by atoms with Crippen LogP contribution in [0.15, 0.2) is 23.1 Å². The molecule has 1 aromatic carbocycles. The van der Waals surface area contributed by atoms with Crippen molar-refractivity contribution in [3.63, 3.8) is 0 Å². The van der Waals surface area contributed by atoms with Gasteiger partial charge in [0.15, 0.2) is 0 Å². The molecule has 2 aliphatic rings. The van der Waals surface area contributed by atoms with Gasteiger partial charge >= 0.3 is 0 Å². The molecule has 2 atom stereocenters. The van der Waals surface area contributed by atoms with Crippen LogP contribution >= 0.6 is 11.8 Å². The first kappa shape index (κ1) is 13.5. The Morgan fingerprint density at radius 3 is 3.05 bits per heavy atom. The fourth-order valence-electron chi connectivity index (χ4n) is 3.66. The monoisotopic (exact) mass is 276 g/mol. The van der Waals surface area contributed by atoms with Gasteiger partial charge in [0.05, 0.1) is 0 Å². The minimum atomic E-state index is 0.719. The molecular weight excluding hydrogens is 252 g/mol. The average molecular weight is 276 g/mol. The van der Waals surface area contributed by atoms with Gasteiger partial charge in [0.2, 0.25) is 0 Å². The van der Waals surface area contributed by atoms with Gasteiger partial charge in [0.1, 0.15) is 0 Å². The quantitative estimate of drug-likeness (QED) is 0.835. The Bertz CT molecular complexity index is 432. The fraction of sp³-hybridized carbons (Fsp3) is 0.625. The highest BCUT2D eigenvalue weighted by Crippen LogP contribution is 2.34. The van der Waals surface area contributed by atoms with Gasteiger partial charge in [-0.3, -0.25) is 0 Å². The van der Waals surface area contributed by atoms with Gasteiger partial charge < -0.3 is 10.2 Å². The number of benzene rings is 1. The number of hydrogen-bond donors (Lipinski definition) is 1. The highest BCUT2D eigenvalue weighted by Gasteiger charge is 2.31. The van der Waals surface area contributed by atoms with Crippen LogP contribution in [0, 0.1) is 5.92 Å². The third kappa shape index (κ3) is 2.69. The van der Waals surface area contributed by atoms with Crippen LogP contribution in [-0.2, 0) is 12.8 Å². The second kappa shape index (κ2) is 5.86. The van der Waals surface area contributed by atoms with E-state index in [1.165, 1.54) is 30.7 Å². The van der Waals surface area contributed by atoms with E-state index in [0.717, 1.165) is 25.0 Å². The summed E-state index contributed by atoms with van der Waals surface area (Å²) in [6.07, 6.45) is 6.08. The third-order valence-corrected chi connectivity index (χ3v) is 5.63. The van der Waals surface area contributed by atoms with Crippen LogP contribution in [-0.4, -0.2) is 43.9 Å². The summed E-state index contributed by atoms with van der Waals surface area (Å²) in [5.41, 5.74) is 3.22. The second-order valence-electron chi connectivity index (χ2n) is 5.85. The molecular formula is C16H24N2S. The SMILES string of the molecule is CSc1cccc2c1CC(C1CNCCN1C)CC2. The normalized spacial score (nSPS) is 28.1. The number of piperazine rings is 1. The fourth-order valence-corrected chi connectivity index (χ4v) is 4.33. The van der Waals surface area contributed by atoms with E-state index in [1.807, 2.05) is 11.8 Å². The second-order valence-corrected chi connectivity index (χ2v) is 6.70. The Hall–Kier alpha value is -0.510. The molecule has 2 unspecified atom stereocenters. The van der Waals surface area contributed by atoms with E-state index in [2.05, 4.69) is 41.7 Å². The van der Waals surface area contributed by atoms with Crippen molar-refractivity contribution in [2.75, 3.05) is 32.9 Å². The number of aryl methyl sites for hydroxylation is 1. The molecule has 3 rings (SSSR count). The average Bonchev–Trinajstić information content (AvgIpc) is 2.46. The summed E-state index contributed by atoms with van der Waals surface area (Å²) in [4.78, 5) is 4.06. The molecule has 1 N–H and O–H groups in total. The van der Waals surface area contributed by atoms with Crippen molar-refractivity contribution in [3.05, 3.63) is 29.3 Å². The lowest BCUT2D eigenvalue weighted by Crippen LogP contribution is -2.53. The lowest BCUT2D eigenvalue weighted by atomic mass is 9.79. The molecule has 1 aliphatic carbocycles. The number of thioether (sulfide) groups is 1. The summed E-state index contributed by atoms with van der Waals surface area (Å²) in [6, 6.07) is 7.55. The van der Waals surface area contributed by atoms with Crippen LogP contribution in [0.5, 0.6) is 0 Å². The highest BCUT2D eigenvalue weighted by molar-refractivity contribution is 7.98. The summed E-state index contributed by atoms with van der Waals surface area (Å²) in [7, 11) is 2.29. The zero-order valence-corrected chi connectivity index (χ0v) is 12.8. The van der Waals surface area contributed by atoms with Crippen molar-refractivity contribution in [2.24, 2.45) is 5.92 Å². The van der Waals surface area contributed by atoms with Crippen LogP contribution in [0.1, 0.15) is 17.5 Å². The van der Waals surface area contributed by atoms with E-state index < -0.39 is 0 Å². The van der Waals surface area contributed by atoms with Crippen molar-refractivity contribution in [1.29, 1.82) is 0 Å². The predicted octanol–water partition coefficient (Wildman–Crippen LogP) is 2.42. The van der Waals surface area contributed by atoms with Crippen molar-refractivity contribution in [2.45, 2.75) is 30.2 Å². The first-order chi connectivity index (χ1) is 9.29. The van der Waals surface area contributed by atoms with Crippen LogP contribution in [0.2, 0.25) is 0 Å². The van der Waals surface area contributed by atoms with Crippen LogP contribution in [0.3, 0.4) is 0 Å². The van der Waals surface area contributed by atoms with E-state index in [0.29, 0.717) is 0 Å².